The minimum atomic E-state index is 0.683. The number of rotatable bonds is 24. The highest BCUT2D eigenvalue weighted by Crippen LogP contribution is 2.39. The molecule has 0 saturated heterocycles. The molecule has 0 fully saturated rings. The molecule has 0 aliphatic carbocycles. The van der Waals surface area contributed by atoms with Gasteiger partial charge in [0.05, 0.1) is 0 Å². The summed E-state index contributed by atoms with van der Waals surface area (Å²) in [5.74, 6) is 0. The molecule has 0 aromatic heterocycles. The molecule has 0 aliphatic rings. The minimum absolute atomic E-state index is 0.683. The van der Waals surface area contributed by atoms with Crippen LogP contribution < -0.4 is 0 Å². The smallest absolute Gasteiger partial charge is 0.0300 e. The summed E-state index contributed by atoms with van der Waals surface area (Å²) in [4.78, 5) is 0. The third-order valence-corrected chi connectivity index (χ3v) is 7.43. The van der Waals surface area contributed by atoms with Crippen LogP contribution in [0.3, 0.4) is 0 Å². The SMILES string of the molecule is CCCCCCCCCCCCCCCCCCC(CC)(CCCC)CCCC. The van der Waals surface area contributed by atoms with E-state index in [1.165, 1.54) is 154 Å². The predicted octanol–water partition coefficient (Wildman–Crippen LogP) is 11.4. The Morgan fingerprint density at radius 1 is 0.310 bits per heavy atom. The number of hydrogen-bond acceptors (Lipinski definition) is 0. The van der Waals surface area contributed by atoms with Crippen molar-refractivity contribution in [2.45, 2.75) is 182 Å². The van der Waals surface area contributed by atoms with E-state index in [0.717, 1.165) is 0 Å². The van der Waals surface area contributed by atoms with E-state index < -0.39 is 0 Å². The van der Waals surface area contributed by atoms with Crippen LogP contribution >= 0.6 is 0 Å². The number of hydrogen-bond donors (Lipinski definition) is 0. The molecular weight excluding hydrogens is 348 g/mol. The van der Waals surface area contributed by atoms with Gasteiger partial charge in [-0.25, -0.2) is 0 Å². The summed E-state index contributed by atoms with van der Waals surface area (Å²) in [6.07, 6.45) is 35.1. The van der Waals surface area contributed by atoms with E-state index in [-0.39, 0.29) is 0 Å². The lowest BCUT2D eigenvalue weighted by Crippen LogP contribution is -2.20. The van der Waals surface area contributed by atoms with Gasteiger partial charge in [-0.15, -0.1) is 0 Å². The lowest BCUT2D eigenvalue weighted by atomic mass is 9.72. The van der Waals surface area contributed by atoms with Crippen molar-refractivity contribution >= 4 is 0 Å². The zero-order valence-electron chi connectivity index (χ0n) is 21.5. The van der Waals surface area contributed by atoms with Gasteiger partial charge in [0, 0.05) is 0 Å². The first-order valence-corrected chi connectivity index (χ1v) is 14.2. The molecule has 0 heterocycles. The van der Waals surface area contributed by atoms with Crippen molar-refractivity contribution in [2.24, 2.45) is 5.41 Å². The molecule has 0 rings (SSSR count). The molecule has 0 bridgehead atoms. The molecule has 176 valence electrons. The third-order valence-electron chi connectivity index (χ3n) is 7.43. The predicted molar refractivity (Wildman–Crippen MR) is 136 cm³/mol. The molecule has 0 radical (unpaired) electrons. The van der Waals surface area contributed by atoms with E-state index in [9.17, 15) is 0 Å². The molecule has 0 heteroatoms. The van der Waals surface area contributed by atoms with Crippen LogP contribution in [-0.4, -0.2) is 0 Å². The van der Waals surface area contributed by atoms with Crippen molar-refractivity contribution in [1.82, 2.24) is 0 Å². The highest BCUT2D eigenvalue weighted by molar-refractivity contribution is 4.78. The van der Waals surface area contributed by atoms with Gasteiger partial charge in [0.1, 0.15) is 0 Å². The van der Waals surface area contributed by atoms with Crippen molar-refractivity contribution in [1.29, 1.82) is 0 Å². The summed E-state index contributed by atoms with van der Waals surface area (Å²) in [6.45, 7) is 9.47. The van der Waals surface area contributed by atoms with Gasteiger partial charge in [0.2, 0.25) is 0 Å². The van der Waals surface area contributed by atoms with Crippen molar-refractivity contribution in [3.63, 3.8) is 0 Å². The van der Waals surface area contributed by atoms with E-state index in [0.29, 0.717) is 5.41 Å². The van der Waals surface area contributed by atoms with Gasteiger partial charge in [-0.1, -0.05) is 163 Å². The Bertz CT molecular complexity index is 284. The Morgan fingerprint density at radius 2 is 0.586 bits per heavy atom. The maximum Gasteiger partial charge on any atom is -0.0300 e. The van der Waals surface area contributed by atoms with E-state index in [1.807, 2.05) is 0 Å². The van der Waals surface area contributed by atoms with Crippen LogP contribution in [0.25, 0.3) is 0 Å². The summed E-state index contributed by atoms with van der Waals surface area (Å²) in [7, 11) is 0. The minimum Gasteiger partial charge on any atom is -0.0654 e. The van der Waals surface area contributed by atoms with Crippen molar-refractivity contribution in [3.05, 3.63) is 0 Å². The lowest BCUT2D eigenvalue weighted by Gasteiger charge is -2.33. The zero-order valence-corrected chi connectivity index (χ0v) is 21.5. The fraction of sp³-hybridized carbons (Fsp3) is 1.00. The van der Waals surface area contributed by atoms with Gasteiger partial charge in [0.15, 0.2) is 0 Å². The largest absolute Gasteiger partial charge is 0.0654 e. The molecule has 0 amide bonds. The quantitative estimate of drug-likeness (QED) is 0.139. The zero-order chi connectivity index (χ0) is 21.5. The Balaban J connectivity index is 3.51. The van der Waals surface area contributed by atoms with Crippen LogP contribution in [0, 0.1) is 5.41 Å². The molecular formula is C29H60. The van der Waals surface area contributed by atoms with Crippen LogP contribution in [0.15, 0.2) is 0 Å². The standard InChI is InChI=1S/C29H60/c1-5-9-12-13-14-15-16-17-18-19-20-21-22-23-24-25-28-29(8-4,26-10-6-2)27-11-7-3/h5-28H2,1-4H3. The first kappa shape index (κ1) is 29.0. The highest BCUT2D eigenvalue weighted by Gasteiger charge is 2.26. The molecule has 0 saturated carbocycles. The monoisotopic (exact) mass is 408 g/mol. The fourth-order valence-electron chi connectivity index (χ4n) is 5.06. The average Bonchev–Trinajstić information content (AvgIpc) is 2.75. The summed E-state index contributed by atoms with van der Waals surface area (Å²) in [5.41, 5.74) is 0.683. The number of unbranched alkanes of at least 4 members (excludes halogenated alkanes) is 17. The highest BCUT2D eigenvalue weighted by atomic mass is 14.3. The van der Waals surface area contributed by atoms with E-state index in [4.69, 9.17) is 0 Å². The van der Waals surface area contributed by atoms with Gasteiger partial charge in [0.25, 0.3) is 0 Å². The topological polar surface area (TPSA) is 0 Å². The van der Waals surface area contributed by atoms with Gasteiger partial charge in [-0.2, -0.15) is 0 Å². The summed E-state index contributed by atoms with van der Waals surface area (Å²) < 4.78 is 0. The molecule has 0 nitrogen and oxygen atoms in total. The Labute approximate surface area is 187 Å². The first-order chi connectivity index (χ1) is 14.2. The second kappa shape index (κ2) is 22.7. The van der Waals surface area contributed by atoms with E-state index in [1.54, 1.807) is 0 Å². The summed E-state index contributed by atoms with van der Waals surface area (Å²) >= 11 is 0. The van der Waals surface area contributed by atoms with Crippen molar-refractivity contribution in [2.75, 3.05) is 0 Å². The normalized spacial score (nSPS) is 12.0. The van der Waals surface area contributed by atoms with Crippen LogP contribution in [0.1, 0.15) is 182 Å². The van der Waals surface area contributed by atoms with E-state index in [2.05, 4.69) is 27.7 Å². The van der Waals surface area contributed by atoms with Crippen LogP contribution in [0.4, 0.5) is 0 Å². The Hall–Kier alpha value is 0. The summed E-state index contributed by atoms with van der Waals surface area (Å²) in [6, 6.07) is 0. The summed E-state index contributed by atoms with van der Waals surface area (Å²) in [5, 5.41) is 0. The van der Waals surface area contributed by atoms with Gasteiger partial charge < -0.3 is 0 Å². The van der Waals surface area contributed by atoms with Crippen LogP contribution in [-0.2, 0) is 0 Å². The van der Waals surface area contributed by atoms with Crippen LogP contribution in [0.5, 0.6) is 0 Å². The van der Waals surface area contributed by atoms with Crippen molar-refractivity contribution in [3.8, 4) is 0 Å². The first-order valence-electron chi connectivity index (χ1n) is 14.2. The fourth-order valence-corrected chi connectivity index (χ4v) is 5.06. The van der Waals surface area contributed by atoms with Gasteiger partial charge in [-0.3, -0.25) is 0 Å². The molecule has 0 aromatic rings. The van der Waals surface area contributed by atoms with Crippen LogP contribution in [0.2, 0.25) is 0 Å². The second-order valence-electron chi connectivity index (χ2n) is 10.1. The van der Waals surface area contributed by atoms with Crippen molar-refractivity contribution < 1.29 is 0 Å². The Morgan fingerprint density at radius 3 is 0.897 bits per heavy atom. The molecule has 0 N–H and O–H groups in total. The molecule has 0 unspecified atom stereocenters. The average molecular weight is 409 g/mol. The molecule has 0 aromatic carbocycles. The molecule has 29 heavy (non-hydrogen) atoms. The second-order valence-corrected chi connectivity index (χ2v) is 10.1. The molecule has 0 atom stereocenters. The maximum atomic E-state index is 2.46. The molecule has 0 aliphatic heterocycles. The third kappa shape index (κ3) is 18.5. The van der Waals surface area contributed by atoms with E-state index >= 15 is 0 Å². The maximum absolute atomic E-state index is 2.46. The van der Waals surface area contributed by atoms with Gasteiger partial charge >= 0.3 is 0 Å². The molecule has 0 spiro atoms. The Kier molecular flexibility index (Phi) is 22.7. The van der Waals surface area contributed by atoms with Gasteiger partial charge in [-0.05, 0) is 24.7 Å². The lowest BCUT2D eigenvalue weighted by molar-refractivity contribution is 0.189.